The summed E-state index contributed by atoms with van der Waals surface area (Å²) in [5.74, 6) is -0.355. The van der Waals surface area contributed by atoms with Gasteiger partial charge in [0.25, 0.3) is 5.91 Å². The van der Waals surface area contributed by atoms with Crippen molar-refractivity contribution in [2.75, 3.05) is 27.2 Å². The quantitative estimate of drug-likeness (QED) is 0.941. The van der Waals surface area contributed by atoms with Gasteiger partial charge >= 0.3 is 0 Å². The summed E-state index contributed by atoms with van der Waals surface area (Å²) in [6, 6.07) is 5.13. The van der Waals surface area contributed by atoms with E-state index in [9.17, 15) is 9.18 Å². The average Bonchev–Trinajstić information content (AvgIpc) is 3.15. The molecule has 3 rings (SSSR count). The molecule has 0 bridgehead atoms. The highest BCUT2D eigenvalue weighted by Crippen LogP contribution is 2.34. The van der Waals surface area contributed by atoms with E-state index in [1.807, 2.05) is 13.1 Å². The molecule has 1 unspecified atom stereocenters. The highest BCUT2D eigenvalue weighted by molar-refractivity contribution is 7.21. The molecule has 22 heavy (non-hydrogen) atoms. The van der Waals surface area contributed by atoms with Gasteiger partial charge in [0.1, 0.15) is 5.82 Å². The molecule has 1 fully saturated rings. The number of nitrogens with one attached hydrogen (secondary N) is 1. The summed E-state index contributed by atoms with van der Waals surface area (Å²) in [6.07, 6.45) is 0.946. The molecule has 1 aliphatic rings. The third kappa shape index (κ3) is 2.62. The van der Waals surface area contributed by atoms with Crippen molar-refractivity contribution in [1.82, 2.24) is 10.2 Å². The van der Waals surface area contributed by atoms with Gasteiger partial charge in [-0.1, -0.05) is 6.07 Å². The fourth-order valence-electron chi connectivity index (χ4n) is 2.92. The van der Waals surface area contributed by atoms with Gasteiger partial charge in [-0.15, -0.1) is 11.3 Å². The van der Waals surface area contributed by atoms with E-state index in [1.54, 1.807) is 18.1 Å². The van der Waals surface area contributed by atoms with Gasteiger partial charge in [-0.3, -0.25) is 4.79 Å². The van der Waals surface area contributed by atoms with Crippen LogP contribution in [0.3, 0.4) is 0 Å². The largest absolute Gasteiger partial charge is 0.380 e. The molecule has 1 N–H and O–H groups in total. The molecule has 1 aromatic heterocycles. The minimum absolute atomic E-state index is 0.0543. The van der Waals surface area contributed by atoms with Crippen molar-refractivity contribution in [3.63, 3.8) is 0 Å². The number of hydrogen-bond donors (Lipinski definition) is 1. The van der Waals surface area contributed by atoms with Crippen LogP contribution in [0.15, 0.2) is 18.2 Å². The predicted octanol–water partition coefficient (Wildman–Crippen LogP) is 2.62. The first-order valence-electron chi connectivity index (χ1n) is 7.30. The number of rotatable bonds is 4. The number of ether oxygens (including phenoxy) is 1. The van der Waals surface area contributed by atoms with Crippen molar-refractivity contribution >= 4 is 27.3 Å². The number of benzene rings is 1. The number of halogens is 1. The van der Waals surface area contributed by atoms with Crippen LogP contribution in [0.4, 0.5) is 4.39 Å². The Bertz CT molecular complexity index is 695. The molecule has 1 aromatic carbocycles. The van der Waals surface area contributed by atoms with E-state index in [4.69, 9.17) is 4.74 Å². The zero-order valence-corrected chi connectivity index (χ0v) is 13.5. The van der Waals surface area contributed by atoms with E-state index < -0.39 is 0 Å². The smallest absolute Gasteiger partial charge is 0.264 e. The van der Waals surface area contributed by atoms with E-state index in [1.165, 1.54) is 17.4 Å². The summed E-state index contributed by atoms with van der Waals surface area (Å²) < 4.78 is 20.2. The van der Waals surface area contributed by atoms with Crippen molar-refractivity contribution in [2.24, 2.45) is 0 Å². The first-order chi connectivity index (χ1) is 10.6. The number of carbonyl (C=O) groups is 1. The number of carbonyl (C=O) groups excluding carboxylic acids is 1. The van der Waals surface area contributed by atoms with Crippen LogP contribution in [0.25, 0.3) is 10.1 Å². The third-order valence-corrected chi connectivity index (χ3v) is 5.33. The Labute approximate surface area is 132 Å². The molecule has 1 saturated heterocycles. The van der Waals surface area contributed by atoms with Gasteiger partial charge in [0.15, 0.2) is 0 Å². The molecule has 4 nitrogen and oxygen atoms in total. The minimum Gasteiger partial charge on any atom is -0.380 e. The number of nitrogens with zero attached hydrogens (tertiary/aromatic N) is 1. The lowest BCUT2D eigenvalue weighted by molar-refractivity contribution is 0.0744. The number of methoxy groups -OCH3 is 1. The van der Waals surface area contributed by atoms with E-state index in [2.05, 4.69) is 5.32 Å². The number of likely N-dealkylation sites (N-methyl/N-ethyl adjacent to an activating group) is 1. The molecule has 1 amide bonds. The van der Waals surface area contributed by atoms with E-state index >= 15 is 0 Å². The highest BCUT2D eigenvalue weighted by atomic mass is 32.1. The van der Waals surface area contributed by atoms with Crippen LogP contribution in [-0.2, 0) is 11.3 Å². The van der Waals surface area contributed by atoms with Gasteiger partial charge in [0, 0.05) is 42.4 Å². The second-order valence-electron chi connectivity index (χ2n) is 5.52. The van der Waals surface area contributed by atoms with Crippen LogP contribution in [0.2, 0.25) is 0 Å². The Morgan fingerprint density at radius 3 is 3.05 bits per heavy atom. The minimum atomic E-state index is -0.301. The lowest BCUT2D eigenvalue weighted by Gasteiger charge is -2.23. The van der Waals surface area contributed by atoms with E-state index in [0.717, 1.165) is 24.2 Å². The zero-order chi connectivity index (χ0) is 15.7. The Hall–Kier alpha value is -1.50. The fourth-order valence-corrected chi connectivity index (χ4v) is 4.12. The molecule has 0 aliphatic carbocycles. The fraction of sp³-hybridized carbons (Fsp3) is 0.438. The van der Waals surface area contributed by atoms with Gasteiger partial charge in [0.2, 0.25) is 0 Å². The van der Waals surface area contributed by atoms with Crippen molar-refractivity contribution in [3.8, 4) is 0 Å². The van der Waals surface area contributed by atoms with Crippen LogP contribution in [0, 0.1) is 5.82 Å². The summed E-state index contributed by atoms with van der Waals surface area (Å²) in [7, 11) is 3.38. The zero-order valence-electron chi connectivity index (χ0n) is 12.7. The summed E-state index contributed by atoms with van der Waals surface area (Å²) in [4.78, 5) is 15.2. The standard InChI is InChI=1S/C16H19FN2O2S/c1-19(10-6-7-18-8-10)16(20)15-11(9-21-2)14-12(17)4-3-5-13(14)22-15/h3-5,10,18H,6-9H2,1-2H3. The molecule has 2 aromatic rings. The summed E-state index contributed by atoms with van der Waals surface area (Å²) >= 11 is 1.34. The number of thiophene rings is 1. The molecule has 1 aliphatic heterocycles. The molecule has 0 spiro atoms. The van der Waals surface area contributed by atoms with Crippen molar-refractivity contribution < 1.29 is 13.9 Å². The van der Waals surface area contributed by atoms with Gasteiger partial charge in [-0.25, -0.2) is 4.39 Å². The SMILES string of the molecule is COCc1c(C(=O)N(C)C2CCNC2)sc2cccc(F)c12. The lowest BCUT2D eigenvalue weighted by atomic mass is 10.1. The first kappa shape index (κ1) is 15.4. The maximum absolute atomic E-state index is 14.2. The van der Waals surface area contributed by atoms with Crippen molar-refractivity contribution in [2.45, 2.75) is 19.1 Å². The summed E-state index contributed by atoms with van der Waals surface area (Å²) in [5, 5.41) is 3.77. The molecule has 6 heteroatoms. The summed E-state index contributed by atoms with van der Waals surface area (Å²) in [6.45, 7) is 1.97. The van der Waals surface area contributed by atoms with Crippen molar-refractivity contribution in [1.29, 1.82) is 0 Å². The van der Waals surface area contributed by atoms with E-state index in [0.29, 0.717) is 15.8 Å². The molecule has 2 heterocycles. The second kappa shape index (κ2) is 6.32. The normalized spacial score (nSPS) is 18.0. The van der Waals surface area contributed by atoms with Crippen LogP contribution in [0.1, 0.15) is 21.7 Å². The average molecular weight is 322 g/mol. The molecule has 0 radical (unpaired) electrons. The van der Waals surface area contributed by atoms with Crippen LogP contribution < -0.4 is 5.32 Å². The topological polar surface area (TPSA) is 41.6 Å². The lowest BCUT2D eigenvalue weighted by Crippen LogP contribution is -2.38. The monoisotopic (exact) mass is 322 g/mol. The third-order valence-electron chi connectivity index (χ3n) is 4.15. The van der Waals surface area contributed by atoms with Gasteiger partial charge in [-0.05, 0) is 25.1 Å². The van der Waals surface area contributed by atoms with Crippen LogP contribution in [-0.4, -0.2) is 44.1 Å². The van der Waals surface area contributed by atoms with Gasteiger partial charge in [0.05, 0.1) is 11.5 Å². The van der Waals surface area contributed by atoms with Crippen LogP contribution in [0.5, 0.6) is 0 Å². The molecule has 0 saturated carbocycles. The Balaban J connectivity index is 2.03. The highest BCUT2D eigenvalue weighted by Gasteiger charge is 2.28. The van der Waals surface area contributed by atoms with Crippen LogP contribution >= 0.6 is 11.3 Å². The molecule has 1 atom stereocenters. The Morgan fingerprint density at radius 2 is 2.36 bits per heavy atom. The van der Waals surface area contributed by atoms with Gasteiger partial charge in [-0.2, -0.15) is 0 Å². The Kier molecular flexibility index (Phi) is 4.42. The van der Waals surface area contributed by atoms with Gasteiger partial charge < -0.3 is 15.0 Å². The van der Waals surface area contributed by atoms with E-state index in [-0.39, 0.29) is 24.4 Å². The second-order valence-corrected chi connectivity index (χ2v) is 6.57. The Morgan fingerprint density at radius 1 is 1.55 bits per heavy atom. The number of hydrogen-bond acceptors (Lipinski definition) is 4. The molecule has 118 valence electrons. The van der Waals surface area contributed by atoms with Crippen molar-refractivity contribution in [3.05, 3.63) is 34.5 Å². The maximum Gasteiger partial charge on any atom is 0.264 e. The number of fused-ring (bicyclic) bond motifs is 1. The molecular weight excluding hydrogens is 303 g/mol. The first-order valence-corrected chi connectivity index (χ1v) is 8.11. The summed E-state index contributed by atoms with van der Waals surface area (Å²) in [5.41, 5.74) is 0.656. The predicted molar refractivity (Wildman–Crippen MR) is 85.9 cm³/mol. The maximum atomic E-state index is 14.2. The molecular formula is C16H19FN2O2S. The number of amides is 1.